The number of benzene rings is 2. The highest BCUT2D eigenvalue weighted by atomic mass is 31.2. The second-order valence-corrected chi connectivity index (χ2v) is 6.38. The molecular weight excluding hydrogens is 287 g/mol. The van der Waals surface area contributed by atoms with Gasteiger partial charge in [0.2, 0.25) is 0 Å². The van der Waals surface area contributed by atoms with E-state index in [1.165, 1.54) is 0 Å². The van der Waals surface area contributed by atoms with Crippen molar-refractivity contribution in [1.82, 2.24) is 0 Å². The Balaban J connectivity index is 1.80. The molecule has 4 nitrogen and oxygen atoms in total. The molecule has 1 aliphatic rings. The second-order valence-electron chi connectivity index (χ2n) is 4.83. The Bertz CT molecular complexity index is 615. The van der Waals surface area contributed by atoms with E-state index in [-0.39, 0.29) is 6.10 Å². The molecule has 2 aromatic rings. The molecule has 0 unspecified atom stereocenters. The summed E-state index contributed by atoms with van der Waals surface area (Å²) in [5.74, 6) is 0.481. The highest BCUT2D eigenvalue weighted by Gasteiger charge is 2.35. The first-order valence-electron chi connectivity index (χ1n) is 6.98. The van der Waals surface area contributed by atoms with Crippen molar-refractivity contribution in [2.24, 2.45) is 0 Å². The maximum absolute atomic E-state index is 12.7. The first kappa shape index (κ1) is 14.3. The van der Waals surface area contributed by atoms with E-state index in [0.717, 1.165) is 18.4 Å². The van der Waals surface area contributed by atoms with Crippen LogP contribution in [-0.2, 0) is 13.6 Å². The molecule has 0 aromatic heterocycles. The van der Waals surface area contributed by atoms with Crippen LogP contribution in [0.15, 0.2) is 60.7 Å². The van der Waals surface area contributed by atoms with Gasteiger partial charge in [-0.15, -0.1) is 0 Å². The number of hydrogen-bond acceptors (Lipinski definition) is 4. The number of hydrogen-bond donors (Lipinski definition) is 0. The topological polar surface area (TPSA) is 44.8 Å². The maximum atomic E-state index is 12.7. The molecule has 0 radical (unpaired) electrons. The van der Waals surface area contributed by atoms with Crippen LogP contribution in [0, 0.1) is 0 Å². The summed E-state index contributed by atoms with van der Waals surface area (Å²) in [5, 5.41) is 0. The van der Waals surface area contributed by atoms with Crippen LogP contribution in [0.3, 0.4) is 0 Å². The summed E-state index contributed by atoms with van der Waals surface area (Å²) < 4.78 is 29.3. The van der Waals surface area contributed by atoms with Crippen LogP contribution in [-0.4, -0.2) is 6.61 Å². The van der Waals surface area contributed by atoms with E-state index in [4.69, 9.17) is 13.6 Å². The van der Waals surface area contributed by atoms with E-state index in [2.05, 4.69) is 0 Å². The van der Waals surface area contributed by atoms with Gasteiger partial charge in [-0.1, -0.05) is 48.5 Å². The van der Waals surface area contributed by atoms with Crippen molar-refractivity contribution in [3.63, 3.8) is 0 Å². The van der Waals surface area contributed by atoms with Crippen molar-refractivity contribution in [2.75, 3.05) is 6.61 Å². The molecule has 21 heavy (non-hydrogen) atoms. The predicted octanol–water partition coefficient (Wildman–Crippen LogP) is 4.74. The maximum Gasteiger partial charge on any atom is 0.530 e. The summed E-state index contributed by atoms with van der Waals surface area (Å²) in [7, 11) is -3.60. The van der Waals surface area contributed by atoms with Crippen LogP contribution < -0.4 is 4.52 Å². The van der Waals surface area contributed by atoms with Gasteiger partial charge >= 0.3 is 7.82 Å². The molecule has 110 valence electrons. The predicted molar refractivity (Wildman–Crippen MR) is 80.1 cm³/mol. The third-order valence-electron chi connectivity index (χ3n) is 3.25. The number of phosphoric ester groups is 1. The summed E-state index contributed by atoms with van der Waals surface area (Å²) in [5.41, 5.74) is 0.986. The Kier molecular flexibility index (Phi) is 4.39. The first-order chi connectivity index (χ1) is 10.3. The van der Waals surface area contributed by atoms with Gasteiger partial charge in [-0.05, 0) is 30.5 Å². The third-order valence-corrected chi connectivity index (χ3v) is 4.69. The summed E-state index contributed by atoms with van der Waals surface area (Å²) in [4.78, 5) is 0. The monoisotopic (exact) mass is 304 g/mol. The Labute approximate surface area is 124 Å². The molecule has 1 aliphatic heterocycles. The average Bonchev–Trinajstić information content (AvgIpc) is 2.71. The molecule has 0 amide bonds. The fourth-order valence-corrected chi connectivity index (χ4v) is 3.67. The highest BCUT2D eigenvalue weighted by Crippen LogP contribution is 2.55. The number of rotatable bonds is 3. The van der Waals surface area contributed by atoms with Crippen LogP contribution in [0.2, 0.25) is 0 Å². The van der Waals surface area contributed by atoms with E-state index in [1.54, 1.807) is 12.1 Å². The van der Waals surface area contributed by atoms with Gasteiger partial charge in [0.1, 0.15) is 5.75 Å². The van der Waals surface area contributed by atoms with Gasteiger partial charge in [-0.3, -0.25) is 9.05 Å². The van der Waals surface area contributed by atoms with Crippen molar-refractivity contribution >= 4 is 7.82 Å². The molecule has 1 heterocycles. The lowest BCUT2D eigenvalue weighted by Crippen LogP contribution is -2.04. The third kappa shape index (κ3) is 3.73. The minimum Gasteiger partial charge on any atom is -0.404 e. The number of phosphoric acid groups is 1. The summed E-state index contributed by atoms with van der Waals surface area (Å²) >= 11 is 0. The largest absolute Gasteiger partial charge is 0.530 e. The van der Waals surface area contributed by atoms with Crippen molar-refractivity contribution in [3.8, 4) is 5.75 Å². The fraction of sp³-hybridized carbons (Fsp3) is 0.250. The Morgan fingerprint density at radius 3 is 2.38 bits per heavy atom. The molecule has 0 bridgehead atoms. The van der Waals surface area contributed by atoms with Gasteiger partial charge < -0.3 is 4.52 Å². The minimum atomic E-state index is -3.60. The van der Waals surface area contributed by atoms with E-state index in [0.29, 0.717) is 12.4 Å². The van der Waals surface area contributed by atoms with Gasteiger partial charge in [0.25, 0.3) is 0 Å². The molecule has 2 atom stereocenters. The number of para-hydroxylation sites is 1. The molecular formula is C16H17O4P. The zero-order valence-corrected chi connectivity index (χ0v) is 12.4. The van der Waals surface area contributed by atoms with Crippen LogP contribution in [0.5, 0.6) is 5.75 Å². The van der Waals surface area contributed by atoms with Gasteiger partial charge in [0.15, 0.2) is 0 Å². The van der Waals surface area contributed by atoms with Crippen molar-refractivity contribution in [3.05, 3.63) is 66.2 Å². The Morgan fingerprint density at radius 2 is 1.67 bits per heavy atom. The van der Waals surface area contributed by atoms with Crippen molar-refractivity contribution in [1.29, 1.82) is 0 Å². The molecule has 1 saturated heterocycles. The van der Waals surface area contributed by atoms with Gasteiger partial charge in [0.05, 0.1) is 12.7 Å². The lowest BCUT2D eigenvalue weighted by molar-refractivity contribution is 0.135. The van der Waals surface area contributed by atoms with Crippen LogP contribution in [0.25, 0.3) is 0 Å². The lowest BCUT2D eigenvalue weighted by Gasteiger charge is -2.20. The average molecular weight is 304 g/mol. The molecule has 5 heteroatoms. The SMILES string of the molecule is O=[P@@]1(Oc2ccccc2)OCCC[C@H](c2ccccc2)O1. The van der Waals surface area contributed by atoms with Gasteiger partial charge in [-0.2, -0.15) is 0 Å². The molecule has 0 aliphatic carbocycles. The summed E-state index contributed by atoms with van der Waals surface area (Å²) in [6.07, 6.45) is 1.26. The first-order valence-corrected chi connectivity index (χ1v) is 8.44. The summed E-state index contributed by atoms with van der Waals surface area (Å²) in [6, 6.07) is 18.7. The second kappa shape index (κ2) is 6.44. The van der Waals surface area contributed by atoms with E-state index < -0.39 is 7.82 Å². The molecule has 0 saturated carbocycles. The van der Waals surface area contributed by atoms with Gasteiger partial charge in [-0.25, -0.2) is 4.57 Å². The standard InChI is InChI=1S/C16H17O4P/c17-21(19-15-10-5-2-6-11-15)18-13-7-12-16(20-21)14-8-3-1-4-9-14/h1-6,8-11,16H,7,12-13H2/t16-,21+/m1/s1. The van der Waals surface area contributed by atoms with E-state index in [9.17, 15) is 4.57 Å². The van der Waals surface area contributed by atoms with Crippen LogP contribution in [0.4, 0.5) is 0 Å². The van der Waals surface area contributed by atoms with Crippen molar-refractivity contribution < 1.29 is 18.1 Å². The van der Waals surface area contributed by atoms with E-state index in [1.807, 2.05) is 48.5 Å². The molecule has 1 fully saturated rings. The smallest absolute Gasteiger partial charge is 0.404 e. The molecule has 2 aromatic carbocycles. The highest BCUT2D eigenvalue weighted by molar-refractivity contribution is 7.49. The summed E-state index contributed by atoms with van der Waals surface area (Å²) in [6.45, 7) is 0.368. The fourth-order valence-electron chi connectivity index (χ4n) is 2.24. The molecule has 0 N–H and O–H groups in total. The molecule has 0 spiro atoms. The van der Waals surface area contributed by atoms with Crippen molar-refractivity contribution in [2.45, 2.75) is 18.9 Å². The van der Waals surface area contributed by atoms with Crippen LogP contribution >= 0.6 is 7.82 Å². The normalized spacial score (nSPS) is 26.0. The lowest BCUT2D eigenvalue weighted by atomic mass is 10.1. The zero-order chi connectivity index (χ0) is 14.5. The quantitative estimate of drug-likeness (QED) is 0.768. The Hall–Kier alpha value is -1.61. The van der Waals surface area contributed by atoms with Crippen LogP contribution in [0.1, 0.15) is 24.5 Å². The minimum absolute atomic E-state index is 0.275. The van der Waals surface area contributed by atoms with Gasteiger partial charge in [0, 0.05) is 0 Å². The Morgan fingerprint density at radius 1 is 1.00 bits per heavy atom. The van der Waals surface area contributed by atoms with E-state index >= 15 is 0 Å². The molecule has 3 rings (SSSR count). The zero-order valence-electron chi connectivity index (χ0n) is 11.6.